The van der Waals surface area contributed by atoms with E-state index in [2.05, 4.69) is 9.88 Å². The topological polar surface area (TPSA) is 68.5 Å². The average Bonchev–Trinajstić information content (AvgIpc) is 2.91. The summed E-state index contributed by atoms with van der Waals surface area (Å²) in [5.74, 6) is -0.107. The van der Waals surface area contributed by atoms with Crippen molar-refractivity contribution in [3.63, 3.8) is 0 Å². The van der Waals surface area contributed by atoms with Crippen LogP contribution in [-0.4, -0.2) is 35.2 Å². The first-order valence-corrected chi connectivity index (χ1v) is 5.23. The summed E-state index contributed by atoms with van der Waals surface area (Å²) >= 11 is 0. The van der Waals surface area contributed by atoms with Crippen LogP contribution in [0.3, 0.4) is 0 Å². The molecule has 2 saturated heterocycles. The van der Waals surface area contributed by atoms with E-state index >= 15 is 0 Å². The molecule has 0 aliphatic carbocycles. The van der Waals surface area contributed by atoms with Gasteiger partial charge < -0.3 is 19.8 Å². The van der Waals surface area contributed by atoms with Gasteiger partial charge >= 0.3 is 5.82 Å². The van der Waals surface area contributed by atoms with Gasteiger partial charge in [-0.1, -0.05) is 0 Å². The largest absolute Gasteiger partial charge is 0.374 e. The first-order valence-electron chi connectivity index (χ1n) is 5.23. The number of anilines is 1. The number of aromatic nitrogens is 1. The summed E-state index contributed by atoms with van der Waals surface area (Å²) in [6.07, 6.45) is 2.94. The van der Waals surface area contributed by atoms with Gasteiger partial charge in [-0.05, 0) is 22.4 Å². The highest BCUT2D eigenvalue weighted by molar-refractivity contribution is 5.49. The monoisotopic (exact) mass is 221 g/mol. The van der Waals surface area contributed by atoms with Gasteiger partial charge in [0.25, 0.3) is 0 Å². The molecule has 2 bridgehead atoms. The lowest BCUT2D eigenvalue weighted by Gasteiger charge is -2.27. The van der Waals surface area contributed by atoms with Crippen LogP contribution in [0.4, 0.5) is 11.5 Å². The van der Waals surface area contributed by atoms with Crippen LogP contribution < -0.4 is 4.90 Å². The van der Waals surface area contributed by atoms with Crippen LogP contribution in [0.5, 0.6) is 0 Å². The molecule has 84 valence electrons. The van der Waals surface area contributed by atoms with Crippen LogP contribution in [0.25, 0.3) is 0 Å². The molecule has 6 nitrogen and oxygen atoms in total. The minimum atomic E-state index is -0.483. The molecule has 16 heavy (non-hydrogen) atoms. The number of nitrogens with zero attached hydrogens (tertiary/aromatic N) is 3. The van der Waals surface area contributed by atoms with Crippen LogP contribution in [0, 0.1) is 10.1 Å². The van der Waals surface area contributed by atoms with Crippen molar-refractivity contribution in [3.8, 4) is 0 Å². The lowest BCUT2D eigenvalue weighted by atomic mass is 10.2. The Morgan fingerprint density at radius 1 is 1.56 bits per heavy atom. The zero-order valence-electron chi connectivity index (χ0n) is 8.57. The van der Waals surface area contributed by atoms with Gasteiger partial charge in [-0.15, -0.1) is 0 Å². The SMILES string of the molecule is O=[N+]([O-])c1ccc(N2C[C@H]3CC2CO3)cn1. The van der Waals surface area contributed by atoms with Gasteiger partial charge in [-0.3, -0.25) is 0 Å². The van der Waals surface area contributed by atoms with Crippen molar-refractivity contribution < 1.29 is 9.66 Å². The fraction of sp³-hybridized carbons (Fsp3) is 0.500. The molecule has 1 aromatic rings. The number of pyridine rings is 1. The Morgan fingerprint density at radius 2 is 2.44 bits per heavy atom. The molecule has 0 spiro atoms. The van der Waals surface area contributed by atoms with Gasteiger partial charge in [-0.25, -0.2) is 0 Å². The summed E-state index contributed by atoms with van der Waals surface area (Å²) in [6, 6.07) is 3.61. The van der Waals surface area contributed by atoms with E-state index in [1.54, 1.807) is 12.3 Å². The van der Waals surface area contributed by atoms with E-state index in [1.807, 2.05) is 0 Å². The molecule has 3 heterocycles. The van der Waals surface area contributed by atoms with E-state index in [9.17, 15) is 10.1 Å². The second-order valence-electron chi connectivity index (χ2n) is 4.13. The molecule has 0 radical (unpaired) electrons. The number of hydrogen-bond donors (Lipinski definition) is 0. The molecule has 2 atom stereocenters. The van der Waals surface area contributed by atoms with Gasteiger partial charge in [0.05, 0.1) is 24.4 Å². The summed E-state index contributed by atoms with van der Waals surface area (Å²) < 4.78 is 5.50. The van der Waals surface area contributed by atoms with Crippen molar-refractivity contribution in [1.29, 1.82) is 0 Å². The Labute approximate surface area is 92.0 Å². The molecule has 2 aliphatic rings. The number of nitro groups is 1. The molecule has 0 N–H and O–H groups in total. The fourth-order valence-electron chi connectivity index (χ4n) is 2.37. The number of hydrogen-bond acceptors (Lipinski definition) is 5. The summed E-state index contributed by atoms with van der Waals surface area (Å²) in [6.45, 7) is 1.62. The Balaban J connectivity index is 1.82. The highest BCUT2D eigenvalue weighted by Crippen LogP contribution is 2.32. The third-order valence-corrected chi connectivity index (χ3v) is 3.15. The number of rotatable bonds is 2. The van der Waals surface area contributed by atoms with E-state index in [0.717, 1.165) is 25.3 Å². The van der Waals surface area contributed by atoms with Crippen LogP contribution in [0.2, 0.25) is 0 Å². The molecule has 0 saturated carbocycles. The van der Waals surface area contributed by atoms with Crippen LogP contribution >= 0.6 is 0 Å². The minimum absolute atomic E-state index is 0.107. The molecule has 2 aliphatic heterocycles. The summed E-state index contributed by atoms with van der Waals surface area (Å²) in [7, 11) is 0. The summed E-state index contributed by atoms with van der Waals surface area (Å²) in [5, 5.41) is 10.5. The quantitative estimate of drug-likeness (QED) is 0.549. The van der Waals surface area contributed by atoms with E-state index in [1.165, 1.54) is 6.07 Å². The minimum Gasteiger partial charge on any atom is -0.374 e. The van der Waals surface area contributed by atoms with Gasteiger partial charge in [0.2, 0.25) is 0 Å². The van der Waals surface area contributed by atoms with Crippen molar-refractivity contribution in [2.75, 3.05) is 18.1 Å². The standard InChI is InChI=1S/C10H11N3O3/c14-13(15)10-2-1-7(4-11-10)12-5-9-3-8(12)6-16-9/h1-2,4,8-9H,3,5-6H2/t8?,9-/m1/s1. The zero-order chi connectivity index (χ0) is 11.1. The van der Waals surface area contributed by atoms with Crippen molar-refractivity contribution >= 4 is 11.5 Å². The molecule has 1 unspecified atom stereocenters. The molecule has 0 aromatic carbocycles. The Hall–Kier alpha value is -1.69. The second-order valence-corrected chi connectivity index (χ2v) is 4.13. The van der Waals surface area contributed by atoms with Crippen molar-refractivity contribution in [1.82, 2.24) is 4.98 Å². The third-order valence-electron chi connectivity index (χ3n) is 3.15. The predicted octanol–water partition coefficient (Wildman–Crippen LogP) is 0.967. The Morgan fingerprint density at radius 3 is 2.94 bits per heavy atom. The van der Waals surface area contributed by atoms with Crippen LogP contribution in [0.1, 0.15) is 6.42 Å². The Kier molecular flexibility index (Phi) is 2.03. The zero-order valence-corrected chi connectivity index (χ0v) is 8.57. The maximum atomic E-state index is 10.5. The van der Waals surface area contributed by atoms with Gasteiger partial charge in [0, 0.05) is 12.6 Å². The summed E-state index contributed by atoms with van der Waals surface area (Å²) in [5.41, 5.74) is 0.946. The van der Waals surface area contributed by atoms with Gasteiger partial charge in [0.1, 0.15) is 0 Å². The maximum Gasteiger partial charge on any atom is 0.363 e. The number of ether oxygens (including phenoxy) is 1. The molecule has 0 amide bonds. The highest BCUT2D eigenvalue weighted by Gasteiger charge is 2.39. The van der Waals surface area contributed by atoms with Gasteiger partial charge in [0.15, 0.2) is 6.20 Å². The normalized spacial score (nSPS) is 27.4. The number of fused-ring (bicyclic) bond motifs is 2. The first-order chi connectivity index (χ1) is 7.74. The lowest BCUT2D eigenvalue weighted by Crippen LogP contribution is -2.36. The van der Waals surface area contributed by atoms with Crippen LogP contribution in [-0.2, 0) is 4.74 Å². The molecule has 2 fully saturated rings. The molecular weight excluding hydrogens is 210 g/mol. The maximum absolute atomic E-state index is 10.5. The molecule has 3 rings (SSSR count). The third kappa shape index (κ3) is 1.42. The predicted molar refractivity (Wildman–Crippen MR) is 56.4 cm³/mol. The molecule has 1 aromatic heterocycles. The molecule has 6 heteroatoms. The fourth-order valence-corrected chi connectivity index (χ4v) is 2.37. The van der Waals surface area contributed by atoms with E-state index in [-0.39, 0.29) is 5.82 Å². The van der Waals surface area contributed by atoms with Crippen molar-refractivity contribution in [3.05, 3.63) is 28.4 Å². The first kappa shape index (κ1) is 9.53. The van der Waals surface area contributed by atoms with Crippen LogP contribution in [0.15, 0.2) is 18.3 Å². The summed E-state index contributed by atoms with van der Waals surface area (Å²) in [4.78, 5) is 16.0. The van der Waals surface area contributed by atoms with Gasteiger partial charge in [-0.2, -0.15) is 0 Å². The lowest BCUT2D eigenvalue weighted by molar-refractivity contribution is -0.389. The van der Waals surface area contributed by atoms with E-state index in [0.29, 0.717) is 12.1 Å². The van der Waals surface area contributed by atoms with Crippen molar-refractivity contribution in [2.24, 2.45) is 0 Å². The molecular formula is C10H11N3O3. The number of morpholine rings is 1. The smallest absolute Gasteiger partial charge is 0.363 e. The van der Waals surface area contributed by atoms with E-state index in [4.69, 9.17) is 4.74 Å². The Bertz CT molecular complexity index is 420. The highest BCUT2D eigenvalue weighted by atomic mass is 16.6. The van der Waals surface area contributed by atoms with E-state index < -0.39 is 4.92 Å². The second kappa shape index (κ2) is 3.41. The van der Waals surface area contributed by atoms with Crippen molar-refractivity contribution in [2.45, 2.75) is 18.6 Å². The average molecular weight is 221 g/mol.